The van der Waals surface area contributed by atoms with Gasteiger partial charge in [0.25, 0.3) is 0 Å². The molecule has 3 aromatic carbocycles. The Labute approximate surface area is 162 Å². The molecule has 0 radical (unpaired) electrons. The molecule has 0 heterocycles. The summed E-state index contributed by atoms with van der Waals surface area (Å²) in [6.45, 7) is 1.12. The van der Waals surface area contributed by atoms with Crippen LogP contribution in [0, 0.1) is 0 Å². The fourth-order valence-corrected chi connectivity index (χ4v) is 3.65. The highest BCUT2D eigenvalue weighted by molar-refractivity contribution is 5.49. The fourth-order valence-electron chi connectivity index (χ4n) is 3.65. The normalized spacial score (nSPS) is 11.7. The molecule has 140 valence electrons. The van der Waals surface area contributed by atoms with Gasteiger partial charge >= 0.3 is 0 Å². The first-order valence-corrected chi connectivity index (χ1v) is 9.23. The van der Waals surface area contributed by atoms with Gasteiger partial charge in [0.05, 0.1) is 24.8 Å². The third kappa shape index (κ3) is 4.28. The van der Waals surface area contributed by atoms with Gasteiger partial charge in [0.1, 0.15) is 0 Å². The minimum atomic E-state index is -0.508. The molecule has 0 aliphatic heterocycles. The summed E-state index contributed by atoms with van der Waals surface area (Å²) in [6, 6.07) is 31.7. The fraction of sp³-hybridized carbons (Fsp3) is 0.250. The molecule has 27 heavy (non-hydrogen) atoms. The van der Waals surface area contributed by atoms with Crippen molar-refractivity contribution in [3.8, 4) is 0 Å². The van der Waals surface area contributed by atoms with Crippen LogP contribution in [-0.2, 0) is 15.0 Å². The number of nitrogens with one attached hydrogen (secondary N) is 1. The first kappa shape index (κ1) is 19.3. The van der Waals surface area contributed by atoms with Gasteiger partial charge in [-0.2, -0.15) is 0 Å². The SMILES string of the molecule is COCC(COC)NC(c1ccccc1)(c1ccccc1)c1ccccc1. The third-order valence-electron chi connectivity index (χ3n) is 4.78. The average molecular weight is 361 g/mol. The highest BCUT2D eigenvalue weighted by atomic mass is 16.5. The standard InChI is InChI=1S/C24H27NO2/c1-26-18-23(19-27-2)25-24(20-12-6-3-7-13-20,21-14-8-4-9-15-21)22-16-10-5-11-17-22/h3-17,23,25H,18-19H2,1-2H3. The molecule has 0 fully saturated rings. The largest absolute Gasteiger partial charge is 0.383 e. The molecule has 0 saturated carbocycles. The van der Waals surface area contributed by atoms with Crippen LogP contribution in [0.25, 0.3) is 0 Å². The Hall–Kier alpha value is -2.46. The van der Waals surface area contributed by atoms with E-state index in [1.54, 1.807) is 14.2 Å². The smallest absolute Gasteiger partial charge is 0.0951 e. The Bertz CT molecular complexity index is 688. The van der Waals surface area contributed by atoms with Crippen molar-refractivity contribution in [2.75, 3.05) is 27.4 Å². The summed E-state index contributed by atoms with van der Waals surface area (Å²) in [5, 5.41) is 3.87. The van der Waals surface area contributed by atoms with Crippen LogP contribution in [0.1, 0.15) is 16.7 Å². The van der Waals surface area contributed by atoms with Gasteiger partial charge in [-0.15, -0.1) is 0 Å². The summed E-state index contributed by atoms with van der Waals surface area (Å²) in [7, 11) is 3.44. The highest BCUT2D eigenvalue weighted by Crippen LogP contribution is 2.37. The Kier molecular flexibility index (Phi) is 6.77. The summed E-state index contributed by atoms with van der Waals surface area (Å²) in [5.74, 6) is 0. The summed E-state index contributed by atoms with van der Waals surface area (Å²) in [5.41, 5.74) is 3.03. The second-order valence-electron chi connectivity index (χ2n) is 6.60. The van der Waals surface area contributed by atoms with Gasteiger partial charge in [0.2, 0.25) is 0 Å². The number of benzene rings is 3. The summed E-state index contributed by atoms with van der Waals surface area (Å²) >= 11 is 0. The average Bonchev–Trinajstić information content (AvgIpc) is 2.74. The van der Waals surface area contributed by atoms with Gasteiger partial charge in [0.15, 0.2) is 0 Å². The predicted octanol–water partition coefficient (Wildman–Crippen LogP) is 4.23. The number of hydrogen-bond donors (Lipinski definition) is 1. The summed E-state index contributed by atoms with van der Waals surface area (Å²) < 4.78 is 10.9. The lowest BCUT2D eigenvalue weighted by atomic mass is 9.76. The predicted molar refractivity (Wildman–Crippen MR) is 110 cm³/mol. The van der Waals surface area contributed by atoms with Crippen molar-refractivity contribution in [1.82, 2.24) is 5.32 Å². The zero-order valence-electron chi connectivity index (χ0n) is 16.0. The van der Waals surface area contributed by atoms with Gasteiger partial charge in [-0.25, -0.2) is 0 Å². The molecular weight excluding hydrogens is 334 g/mol. The van der Waals surface area contributed by atoms with Crippen LogP contribution in [0.15, 0.2) is 91.0 Å². The number of hydrogen-bond acceptors (Lipinski definition) is 3. The minimum absolute atomic E-state index is 0.0284. The molecule has 1 N–H and O–H groups in total. The molecule has 3 aromatic rings. The van der Waals surface area contributed by atoms with Crippen LogP contribution in [-0.4, -0.2) is 33.5 Å². The zero-order valence-corrected chi connectivity index (χ0v) is 16.0. The molecule has 0 saturated heterocycles. The van der Waals surface area contributed by atoms with Crippen molar-refractivity contribution in [2.45, 2.75) is 11.6 Å². The van der Waals surface area contributed by atoms with Crippen LogP contribution in [0.4, 0.5) is 0 Å². The maximum absolute atomic E-state index is 5.47. The van der Waals surface area contributed by atoms with Crippen molar-refractivity contribution in [3.63, 3.8) is 0 Å². The Balaban J connectivity index is 2.22. The van der Waals surface area contributed by atoms with Crippen molar-refractivity contribution < 1.29 is 9.47 Å². The van der Waals surface area contributed by atoms with E-state index in [0.29, 0.717) is 13.2 Å². The molecule has 0 amide bonds. The minimum Gasteiger partial charge on any atom is -0.383 e. The van der Waals surface area contributed by atoms with E-state index in [9.17, 15) is 0 Å². The van der Waals surface area contributed by atoms with Gasteiger partial charge in [0, 0.05) is 14.2 Å². The zero-order chi connectivity index (χ0) is 19.0. The molecular formula is C24H27NO2. The number of rotatable bonds is 9. The van der Waals surface area contributed by atoms with Crippen LogP contribution in [0.5, 0.6) is 0 Å². The quantitative estimate of drug-likeness (QED) is 0.579. The van der Waals surface area contributed by atoms with Crippen LogP contribution in [0.3, 0.4) is 0 Å². The van der Waals surface area contributed by atoms with E-state index in [1.165, 1.54) is 16.7 Å². The molecule has 3 rings (SSSR count). The number of methoxy groups -OCH3 is 2. The molecule has 0 atom stereocenters. The molecule has 0 unspecified atom stereocenters. The van der Waals surface area contributed by atoms with E-state index >= 15 is 0 Å². The van der Waals surface area contributed by atoms with Gasteiger partial charge in [-0.05, 0) is 16.7 Å². The third-order valence-corrected chi connectivity index (χ3v) is 4.78. The van der Waals surface area contributed by atoms with Crippen molar-refractivity contribution in [3.05, 3.63) is 108 Å². The van der Waals surface area contributed by atoms with Crippen molar-refractivity contribution in [1.29, 1.82) is 0 Å². The van der Waals surface area contributed by atoms with E-state index in [0.717, 1.165) is 0 Å². The van der Waals surface area contributed by atoms with E-state index < -0.39 is 5.54 Å². The molecule has 0 bridgehead atoms. The summed E-state index contributed by atoms with van der Waals surface area (Å²) in [4.78, 5) is 0. The first-order chi connectivity index (χ1) is 13.3. The van der Waals surface area contributed by atoms with E-state index in [-0.39, 0.29) is 6.04 Å². The molecule has 3 nitrogen and oxygen atoms in total. The van der Waals surface area contributed by atoms with Crippen LogP contribution >= 0.6 is 0 Å². The Morgan fingerprint density at radius 2 is 0.963 bits per heavy atom. The molecule has 3 heteroatoms. The van der Waals surface area contributed by atoms with Gasteiger partial charge in [-0.1, -0.05) is 91.0 Å². The second-order valence-corrected chi connectivity index (χ2v) is 6.60. The maximum atomic E-state index is 5.47. The van der Waals surface area contributed by atoms with E-state index in [2.05, 4.69) is 78.1 Å². The Morgan fingerprint density at radius 1 is 0.630 bits per heavy atom. The van der Waals surface area contributed by atoms with E-state index in [1.807, 2.05) is 18.2 Å². The van der Waals surface area contributed by atoms with E-state index in [4.69, 9.17) is 9.47 Å². The monoisotopic (exact) mass is 361 g/mol. The lowest BCUT2D eigenvalue weighted by molar-refractivity contribution is 0.0933. The number of ether oxygens (including phenoxy) is 2. The summed E-state index contributed by atoms with van der Waals surface area (Å²) in [6.07, 6.45) is 0. The topological polar surface area (TPSA) is 30.5 Å². The lowest BCUT2D eigenvalue weighted by Crippen LogP contribution is -2.52. The molecule has 0 aromatic heterocycles. The lowest BCUT2D eigenvalue weighted by Gasteiger charge is -2.40. The first-order valence-electron chi connectivity index (χ1n) is 9.23. The maximum Gasteiger partial charge on any atom is 0.0951 e. The molecule has 0 aliphatic rings. The van der Waals surface area contributed by atoms with Crippen molar-refractivity contribution >= 4 is 0 Å². The van der Waals surface area contributed by atoms with Crippen LogP contribution in [0.2, 0.25) is 0 Å². The Morgan fingerprint density at radius 3 is 1.26 bits per heavy atom. The van der Waals surface area contributed by atoms with Crippen LogP contribution < -0.4 is 5.32 Å². The van der Waals surface area contributed by atoms with Gasteiger partial charge < -0.3 is 9.47 Å². The van der Waals surface area contributed by atoms with Crippen molar-refractivity contribution in [2.24, 2.45) is 0 Å². The second kappa shape index (κ2) is 9.47. The van der Waals surface area contributed by atoms with Gasteiger partial charge in [-0.3, -0.25) is 5.32 Å². The molecule has 0 spiro atoms. The molecule has 0 aliphatic carbocycles. The highest BCUT2D eigenvalue weighted by Gasteiger charge is 2.37.